The molecule has 4 rings (SSSR count). The summed E-state index contributed by atoms with van der Waals surface area (Å²) in [4.78, 5) is 26.3. The van der Waals surface area contributed by atoms with Gasteiger partial charge >= 0.3 is 5.97 Å². The van der Waals surface area contributed by atoms with Crippen LogP contribution in [0.5, 0.6) is 0 Å². The van der Waals surface area contributed by atoms with Crippen LogP contribution in [-0.4, -0.2) is 33.4 Å². The van der Waals surface area contributed by atoms with E-state index in [0.717, 1.165) is 28.8 Å². The van der Waals surface area contributed by atoms with E-state index in [1.165, 1.54) is 39.9 Å². The van der Waals surface area contributed by atoms with E-state index in [1.807, 2.05) is 38.1 Å². The van der Waals surface area contributed by atoms with E-state index in [9.17, 15) is 18.0 Å². The van der Waals surface area contributed by atoms with E-state index in [2.05, 4.69) is 5.32 Å². The number of fused-ring (bicyclic) bond motifs is 1. The lowest BCUT2D eigenvalue weighted by atomic mass is 10.0. The number of hydrogen-bond donors (Lipinski definition) is 1. The number of sulfonamides is 1. The molecule has 0 saturated heterocycles. The van der Waals surface area contributed by atoms with Gasteiger partial charge in [0.15, 0.2) is 0 Å². The summed E-state index contributed by atoms with van der Waals surface area (Å²) in [6.07, 6.45) is 1.59. The fraction of sp³-hybridized carbons (Fsp3) is 0.280. The van der Waals surface area contributed by atoms with E-state index in [1.54, 1.807) is 6.92 Å². The van der Waals surface area contributed by atoms with Crippen molar-refractivity contribution < 1.29 is 22.7 Å². The monoisotopic (exact) mass is 498 g/mol. The van der Waals surface area contributed by atoms with Crippen LogP contribution in [0.25, 0.3) is 0 Å². The number of thiophene rings is 1. The summed E-state index contributed by atoms with van der Waals surface area (Å²) in [5, 5.41) is 3.20. The molecule has 0 unspecified atom stereocenters. The largest absolute Gasteiger partial charge is 0.462 e. The fourth-order valence-corrected chi connectivity index (χ4v) is 6.58. The Morgan fingerprint density at radius 2 is 1.79 bits per heavy atom. The first kappa shape index (κ1) is 24.0. The average Bonchev–Trinajstić information content (AvgIpc) is 3.11. The number of ether oxygens (including phenoxy) is 1. The molecule has 0 spiro atoms. The highest BCUT2D eigenvalue weighted by molar-refractivity contribution is 7.92. The third-order valence-electron chi connectivity index (χ3n) is 5.86. The Labute approximate surface area is 203 Å². The lowest BCUT2D eigenvalue weighted by Gasteiger charge is -2.30. The second-order valence-corrected chi connectivity index (χ2v) is 11.1. The Morgan fingerprint density at radius 3 is 2.50 bits per heavy atom. The molecule has 1 N–H and O–H groups in total. The van der Waals surface area contributed by atoms with Gasteiger partial charge in [0.25, 0.3) is 15.9 Å². The minimum Gasteiger partial charge on any atom is -0.462 e. The van der Waals surface area contributed by atoms with Crippen molar-refractivity contribution in [3.63, 3.8) is 0 Å². The number of para-hydroxylation sites is 1. The van der Waals surface area contributed by atoms with Gasteiger partial charge < -0.3 is 10.1 Å². The Hall–Kier alpha value is -3.17. The lowest BCUT2D eigenvalue weighted by Crippen LogP contribution is -2.35. The summed E-state index contributed by atoms with van der Waals surface area (Å²) < 4.78 is 33.2. The van der Waals surface area contributed by atoms with Crippen molar-refractivity contribution >= 4 is 43.9 Å². The number of nitrogens with zero attached hydrogens (tertiary/aromatic N) is 1. The Morgan fingerprint density at radius 1 is 1.09 bits per heavy atom. The summed E-state index contributed by atoms with van der Waals surface area (Å²) in [5.74, 6) is -0.915. The Kier molecular flexibility index (Phi) is 6.77. The van der Waals surface area contributed by atoms with Crippen LogP contribution in [0.15, 0.2) is 53.4 Å². The molecule has 0 fully saturated rings. The Bertz CT molecular complexity index is 1340. The van der Waals surface area contributed by atoms with Crippen molar-refractivity contribution in [1.29, 1.82) is 0 Å². The second-order valence-electron chi connectivity index (χ2n) is 8.00. The van der Waals surface area contributed by atoms with Gasteiger partial charge in [-0.1, -0.05) is 18.2 Å². The van der Waals surface area contributed by atoms with E-state index in [-0.39, 0.29) is 17.1 Å². The molecule has 1 aliphatic heterocycles. The zero-order chi connectivity index (χ0) is 24.5. The highest BCUT2D eigenvalue weighted by Crippen LogP contribution is 2.34. The van der Waals surface area contributed by atoms with Gasteiger partial charge in [0.1, 0.15) is 5.00 Å². The highest BCUT2D eigenvalue weighted by atomic mass is 32.2. The molecule has 0 atom stereocenters. The topological polar surface area (TPSA) is 92.8 Å². The molecule has 2 aromatic carbocycles. The molecule has 0 radical (unpaired) electrons. The molecule has 1 amide bonds. The number of carbonyl (C=O) groups is 2. The molecular weight excluding hydrogens is 472 g/mol. The standard InChI is InChI=1S/C25H26N2O5S2/c1-4-32-25(29)22-16(2)17(3)33-24(22)26-23(28)19-11-13-20(14-12-19)34(30,31)27-15-7-9-18-8-5-6-10-21(18)27/h5-6,8,10-14H,4,7,9,15H2,1-3H3,(H,26,28). The van der Waals surface area contributed by atoms with Crippen LogP contribution in [-0.2, 0) is 21.2 Å². The SMILES string of the molecule is CCOC(=O)c1c(NC(=O)c2ccc(S(=O)(=O)N3CCCc4ccccc43)cc2)sc(C)c1C. The van der Waals surface area contributed by atoms with Crippen LogP contribution in [0.2, 0.25) is 0 Å². The molecule has 1 aliphatic rings. The highest BCUT2D eigenvalue weighted by Gasteiger charge is 2.29. The lowest BCUT2D eigenvalue weighted by molar-refractivity contribution is 0.0527. The van der Waals surface area contributed by atoms with Crippen molar-refractivity contribution in [3.05, 3.63) is 75.7 Å². The second kappa shape index (κ2) is 9.60. The molecule has 178 valence electrons. The molecule has 34 heavy (non-hydrogen) atoms. The van der Waals surface area contributed by atoms with Crippen molar-refractivity contribution in [3.8, 4) is 0 Å². The normalized spacial score (nSPS) is 13.3. The van der Waals surface area contributed by atoms with E-state index < -0.39 is 21.9 Å². The molecule has 1 aromatic heterocycles. The summed E-state index contributed by atoms with van der Waals surface area (Å²) in [7, 11) is -3.76. The first-order valence-corrected chi connectivity index (χ1v) is 13.3. The van der Waals surface area contributed by atoms with Crippen LogP contribution in [0, 0.1) is 13.8 Å². The van der Waals surface area contributed by atoms with Crippen molar-refractivity contribution in [1.82, 2.24) is 0 Å². The van der Waals surface area contributed by atoms with Gasteiger partial charge in [-0.15, -0.1) is 11.3 Å². The number of carbonyl (C=O) groups excluding carboxylic acids is 2. The summed E-state index contributed by atoms with van der Waals surface area (Å²) >= 11 is 1.30. The molecule has 0 aliphatic carbocycles. The summed E-state index contributed by atoms with van der Waals surface area (Å²) in [6, 6.07) is 13.4. The van der Waals surface area contributed by atoms with Crippen molar-refractivity contribution in [2.24, 2.45) is 0 Å². The quantitative estimate of drug-likeness (QED) is 0.486. The zero-order valence-corrected chi connectivity index (χ0v) is 20.9. The first-order chi connectivity index (χ1) is 16.2. The Balaban J connectivity index is 1.57. The molecule has 9 heteroatoms. The molecule has 0 bridgehead atoms. The number of hydrogen-bond acceptors (Lipinski definition) is 6. The van der Waals surface area contributed by atoms with Gasteiger partial charge in [0, 0.05) is 17.0 Å². The van der Waals surface area contributed by atoms with Crippen LogP contribution in [0.1, 0.15) is 50.1 Å². The van der Waals surface area contributed by atoms with Gasteiger partial charge in [-0.2, -0.15) is 0 Å². The average molecular weight is 499 g/mol. The maximum Gasteiger partial charge on any atom is 0.341 e. The van der Waals surface area contributed by atoms with Crippen molar-refractivity contribution in [2.45, 2.75) is 38.5 Å². The molecule has 2 heterocycles. The summed E-state index contributed by atoms with van der Waals surface area (Å²) in [5.41, 5.74) is 3.11. The molecule has 0 saturated carbocycles. The van der Waals surface area contributed by atoms with E-state index in [0.29, 0.717) is 22.8 Å². The van der Waals surface area contributed by atoms with Crippen LogP contribution >= 0.6 is 11.3 Å². The minimum absolute atomic E-state index is 0.121. The van der Waals surface area contributed by atoms with E-state index >= 15 is 0 Å². The maximum absolute atomic E-state index is 13.3. The predicted octanol–water partition coefficient (Wildman–Crippen LogP) is 4.94. The van der Waals surface area contributed by atoms with Gasteiger partial charge in [-0.3, -0.25) is 9.10 Å². The molecular formula is C25H26N2O5S2. The van der Waals surface area contributed by atoms with Gasteiger partial charge in [0.2, 0.25) is 0 Å². The van der Waals surface area contributed by atoms with Gasteiger partial charge in [-0.25, -0.2) is 13.2 Å². The van der Waals surface area contributed by atoms with Gasteiger partial charge in [-0.05, 0) is 75.1 Å². The molecule has 7 nitrogen and oxygen atoms in total. The van der Waals surface area contributed by atoms with E-state index in [4.69, 9.17) is 4.74 Å². The third-order valence-corrected chi connectivity index (χ3v) is 8.81. The van der Waals surface area contributed by atoms with Gasteiger partial charge in [0.05, 0.1) is 22.8 Å². The zero-order valence-electron chi connectivity index (χ0n) is 19.3. The number of esters is 1. The smallest absolute Gasteiger partial charge is 0.341 e. The molecule has 3 aromatic rings. The maximum atomic E-state index is 13.3. The predicted molar refractivity (Wildman–Crippen MR) is 133 cm³/mol. The fourth-order valence-electron chi connectivity index (χ4n) is 3.99. The van der Waals surface area contributed by atoms with Crippen molar-refractivity contribution in [2.75, 3.05) is 22.8 Å². The number of anilines is 2. The third kappa shape index (κ3) is 4.45. The van der Waals surface area contributed by atoms with Crippen LogP contribution in [0.4, 0.5) is 10.7 Å². The van der Waals surface area contributed by atoms with Crippen LogP contribution in [0.3, 0.4) is 0 Å². The first-order valence-electron chi connectivity index (χ1n) is 11.0. The number of nitrogens with one attached hydrogen (secondary N) is 1. The summed E-state index contributed by atoms with van der Waals surface area (Å²) in [6.45, 7) is 6.05. The minimum atomic E-state index is -3.76. The number of aryl methyl sites for hydroxylation is 2. The number of benzene rings is 2. The number of amides is 1. The van der Waals surface area contributed by atoms with Crippen LogP contribution < -0.4 is 9.62 Å². The number of rotatable bonds is 6.